The number of benzene rings is 2. The summed E-state index contributed by atoms with van der Waals surface area (Å²) in [4.78, 5) is 30.3. The summed E-state index contributed by atoms with van der Waals surface area (Å²) in [7, 11) is 1.53. The Morgan fingerprint density at radius 2 is 1.69 bits per heavy atom. The van der Waals surface area contributed by atoms with Gasteiger partial charge in [-0.1, -0.05) is 35.4 Å². The second-order valence-corrected chi connectivity index (χ2v) is 7.91. The lowest BCUT2D eigenvalue weighted by atomic mass is 9.97. The molecule has 0 aliphatic carbocycles. The number of imide groups is 1. The summed E-state index contributed by atoms with van der Waals surface area (Å²) in [6.07, 6.45) is 2.03. The van der Waals surface area contributed by atoms with Gasteiger partial charge >= 0.3 is 0 Å². The minimum atomic E-state index is -0.315. The normalized spacial score (nSPS) is 17.0. The van der Waals surface area contributed by atoms with Crippen molar-refractivity contribution in [1.29, 1.82) is 0 Å². The van der Waals surface area contributed by atoms with Gasteiger partial charge in [-0.15, -0.1) is 0 Å². The van der Waals surface area contributed by atoms with Gasteiger partial charge in [-0.25, -0.2) is 4.90 Å². The number of hydrogen-bond donors (Lipinski definition) is 0. The van der Waals surface area contributed by atoms with Crippen LogP contribution < -0.4 is 9.64 Å². The van der Waals surface area contributed by atoms with E-state index in [0.29, 0.717) is 27.7 Å². The van der Waals surface area contributed by atoms with Crippen LogP contribution in [0.25, 0.3) is 5.57 Å². The summed E-state index contributed by atoms with van der Waals surface area (Å²) >= 11 is 6.26. The Bertz CT molecular complexity index is 1040. The molecule has 0 atom stereocenters. The molecule has 0 unspecified atom stereocenters. The van der Waals surface area contributed by atoms with Crippen molar-refractivity contribution in [3.8, 4) is 5.75 Å². The van der Waals surface area contributed by atoms with Crippen LogP contribution in [-0.2, 0) is 9.59 Å². The third-order valence-corrected chi connectivity index (χ3v) is 5.82. The number of hydrogen-bond acceptors (Lipinski definition) is 4. The summed E-state index contributed by atoms with van der Waals surface area (Å²) in [6, 6.07) is 10.9. The van der Waals surface area contributed by atoms with Gasteiger partial charge in [0.2, 0.25) is 0 Å². The summed E-state index contributed by atoms with van der Waals surface area (Å²) < 4.78 is 5.20. The number of aryl methyl sites for hydroxylation is 2. The fraction of sp³-hybridized carbons (Fsp3) is 0.304. The van der Waals surface area contributed by atoms with Crippen LogP contribution in [-0.4, -0.2) is 36.9 Å². The number of carbonyl (C=O) groups is 2. The van der Waals surface area contributed by atoms with Crippen molar-refractivity contribution in [2.45, 2.75) is 26.7 Å². The first-order chi connectivity index (χ1) is 13.9. The lowest BCUT2D eigenvalue weighted by molar-refractivity contribution is -0.120. The van der Waals surface area contributed by atoms with Crippen LogP contribution in [0.2, 0.25) is 5.02 Å². The van der Waals surface area contributed by atoms with Crippen molar-refractivity contribution < 1.29 is 14.3 Å². The molecule has 2 aliphatic rings. The lowest BCUT2D eigenvalue weighted by Crippen LogP contribution is -2.34. The predicted molar refractivity (Wildman–Crippen MR) is 114 cm³/mol. The van der Waals surface area contributed by atoms with Crippen LogP contribution in [0.15, 0.2) is 42.1 Å². The smallest absolute Gasteiger partial charge is 0.282 e. The zero-order valence-electron chi connectivity index (χ0n) is 16.8. The Kier molecular flexibility index (Phi) is 5.09. The molecule has 29 heavy (non-hydrogen) atoms. The molecule has 0 radical (unpaired) electrons. The Labute approximate surface area is 175 Å². The molecule has 0 N–H and O–H groups in total. The second kappa shape index (κ2) is 7.56. The molecule has 5 nitrogen and oxygen atoms in total. The van der Waals surface area contributed by atoms with Crippen molar-refractivity contribution in [2.75, 3.05) is 25.1 Å². The van der Waals surface area contributed by atoms with E-state index in [1.807, 2.05) is 36.9 Å². The number of ether oxygens (including phenoxy) is 1. The summed E-state index contributed by atoms with van der Waals surface area (Å²) in [5.74, 6) is -0.116. The number of amides is 2. The summed E-state index contributed by atoms with van der Waals surface area (Å²) in [6.45, 7) is 5.54. The van der Waals surface area contributed by atoms with E-state index >= 15 is 0 Å². The topological polar surface area (TPSA) is 49.9 Å². The monoisotopic (exact) mass is 410 g/mol. The van der Waals surface area contributed by atoms with E-state index < -0.39 is 0 Å². The van der Waals surface area contributed by atoms with Crippen molar-refractivity contribution in [1.82, 2.24) is 4.90 Å². The molecule has 1 fully saturated rings. The molecule has 0 spiro atoms. The van der Waals surface area contributed by atoms with Gasteiger partial charge < -0.3 is 9.64 Å². The molecule has 0 bridgehead atoms. The average Bonchev–Trinajstić information content (AvgIpc) is 3.28. The van der Waals surface area contributed by atoms with Crippen LogP contribution >= 0.6 is 11.6 Å². The van der Waals surface area contributed by atoms with E-state index in [2.05, 4.69) is 0 Å². The summed E-state index contributed by atoms with van der Waals surface area (Å²) in [5, 5.41) is 0.355. The highest BCUT2D eigenvalue weighted by Gasteiger charge is 2.43. The quantitative estimate of drug-likeness (QED) is 0.703. The minimum absolute atomic E-state index is 0.298. The van der Waals surface area contributed by atoms with Gasteiger partial charge in [-0.2, -0.15) is 0 Å². The molecule has 4 rings (SSSR count). The number of halogens is 1. The molecular formula is C23H23ClN2O3. The SMILES string of the molecule is COc1ccc(N2C(=O)C(c3ccc(C)cc3C)=C(N3CCCC3)C2=O)cc1Cl. The van der Waals surface area contributed by atoms with E-state index in [4.69, 9.17) is 16.3 Å². The maximum Gasteiger partial charge on any atom is 0.282 e. The van der Waals surface area contributed by atoms with Crippen molar-refractivity contribution in [3.63, 3.8) is 0 Å². The Morgan fingerprint density at radius 3 is 2.31 bits per heavy atom. The fourth-order valence-electron chi connectivity index (χ4n) is 4.12. The maximum absolute atomic E-state index is 13.5. The molecular weight excluding hydrogens is 388 g/mol. The molecule has 2 amide bonds. The standard InChI is InChI=1S/C23H23ClN2O3/c1-14-6-8-17(15(2)12-14)20-21(25-10-4-5-11-25)23(28)26(22(20)27)16-7-9-19(29-3)18(24)13-16/h6-9,12-13H,4-5,10-11H2,1-3H3. The highest BCUT2D eigenvalue weighted by molar-refractivity contribution is 6.45. The third-order valence-electron chi connectivity index (χ3n) is 5.53. The minimum Gasteiger partial charge on any atom is -0.495 e. The number of methoxy groups -OCH3 is 1. The predicted octanol–water partition coefficient (Wildman–Crippen LogP) is 4.35. The molecule has 6 heteroatoms. The van der Waals surface area contributed by atoms with Gasteiger partial charge in [0.15, 0.2) is 0 Å². The van der Waals surface area contributed by atoms with Crippen LogP contribution in [0.5, 0.6) is 5.75 Å². The number of carbonyl (C=O) groups excluding carboxylic acids is 2. The Morgan fingerprint density at radius 1 is 0.966 bits per heavy atom. The zero-order valence-corrected chi connectivity index (χ0v) is 17.5. The Balaban J connectivity index is 1.85. The molecule has 2 heterocycles. The molecule has 1 saturated heterocycles. The maximum atomic E-state index is 13.5. The van der Waals surface area contributed by atoms with E-state index in [1.165, 1.54) is 12.0 Å². The van der Waals surface area contributed by atoms with Crippen molar-refractivity contribution in [3.05, 3.63) is 63.8 Å². The molecule has 0 aromatic heterocycles. The van der Waals surface area contributed by atoms with E-state index in [9.17, 15) is 9.59 Å². The second-order valence-electron chi connectivity index (χ2n) is 7.50. The van der Waals surface area contributed by atoms with Crippen LogP contribution in [0.1, 0.15) is 29.5 Å². The number of nitrogens with zero attached hydrogens (tertiary/aromatic N) is 2. The van der Waals surface area contributed by atoms with Gasteiger partial charge in [0, 0.05) is 13.1 Å². The molecule has 2 aromatic carbocycles. The number of likely N-dealkylation sites (tertiary alicyclic amines) is 1. The van der Waals surface area contributed by atoms with Gasteiger partial charge in [-0.3, -0.25) is 9.59 Å². The van der Waals surface area contributed by atoms with E-state index in [-0.39, 0.29) is 11.8 Å². The van der Waals surface area contributed by atoms with Crippen LogP contribution in [0.3, 0.4) is 0 Å². The molecule has 2 aromatic rings. The number of rotatable bonds is 4. The van der Waals surface area contributed by atoms with Crippen LogP contribution in [0.4, 0.5) is 5.69 Å². The summed E-state index contributed by atoms with van der Waals surface area (Å²) in [5.41, 5.74) is 4.31. The molecule has 0 saturated carbocycles. The van der Waals surface area contributed by atoms with E-state index in [0.717, 1.165) is 42.6 Å². The van der Waals surface area contributed by atoms with Crippen LogP contribution in [0, 0.1) is 13.8 Å². The number of anilines is 1. The van der Waals surface area contributed by atoms with Gasteiger partial charge in [0.25, 0.3) is 11.8 Å². The fourth-order valence-corrected chi connectivity index (χ4v) is 4.37. The van der Waals surface area contributed by atoms with E-state index in [1.54, 1.807) is 18.2 Å². The highest BCUT2D eigenvalue weighted by atomic mass is 35.5. The van der Waals surface area contributed by atoms with Crippen molar-refractivity contribution in [2.24, 2.45) is 0 Å². The first-order valence-corrected chi connectivity index (χ1v) is 10.1. The molecule has 2 aliphatic heterocycles. The third kappa shape index (κ3) is 3.29. The first-order valence-electron chi connectivity index (χ1n) is 9.71. The van der Waals surface area contributed by atoms with Gasteiger partial charge in [0.05, 0.1) is 23.4 Å². The first kappa shape index (κ1) is 19.5. The van der Waals surface area contributed by atoms with Crippen molar-refractivity contribution >= 4 is 34.7 Å². The largest absolute Gasteiger partial charge is 0.495 e. The van der Waals surface area contributed by atoms with Gasteiger partial charge in [0.1, 0.15) is 11.4 Å². The van der Waals surface area contributed by atoms with Gasteiger partial charge in [-0.05, 0) is 56.0 Å². The highest BCUT2D eigenvalue weighted by Crippen LogP contribution is 2.39. The lowest BCUT2D eigenvalue weighted by Gasteiger charge is -2.20. The Hall–Kier alpha value is -2.79. The average molecular weight is 411 g/mol. The molecule has 150 valence electrons. The zero-order chi connectivity index (χ0) is 20.7.